The maximum atomic E-state index is 13.0. The molecule has 1 aromatic heterocycles. The van der Waals surface area contributed by atoms with E-state index in [-0.39, 0.29) is 24.0 Å². The molecule has 1 amide bonds. The van der Waals surface area contributed by atoms with Crippen molar-refractivity contribution in [1.82, 2.24) is 15.1 Å². The van der Waals surface area contributed by atoms with Gasteiger partial charge < -0.3 is 15.4 Å². The van der Waals surface area contributed by atoms with Crippen molar-refractivity contribution in [2.45, 2.75) is 6.92 Å². The summed E-state index contributed by atoms with van der Waals surface area (Å²) in [6.45, 7) is 2.32. The van der Waals surface area contributed by atoms with Crippen molar-refractivity contribution in [3.05, 3.63) is 41.5 Å². The third-order valence-corrected chi connectivity index (χ3v) is 3.04. The number of carbonyl (C=O) groups is 1. The van der Waals surface area contributed by atoms with Crippen molar-refractivity contribution in [1.29, 1.82) is 0 Å². The number of carbonyl (C=O) groups excluding carboxylic acids is 1. The number of nitrogens with zero attached hydrogens (tertiary/aromatic N) is 2. The Bertz CT molecular complexity index is 642. The molecular formula is C14H17FN4O2. The Morgan fingerprint density at radius 1 is 1.52 bits per heavy atom. The first kappa shape index (κ1) is 14.8. The molecule has 0 aliphatic carbocycles. The lowest BCUT2D eigenvalue weighted by molar-refractivity contribution is 0.0769. The third kappa shape index (κ3) is 3.50. The fourth-order valence-electron chi connectivity index (χ4n) is 1.74. The molecule has 0 atom stereocenters. The molecule has 2 rings (SSSR count). The van der Waals surface area contributed by atoms with Crippen molar-refractivity contribution < 1.29 is 13.9 Å². The molecule has 0 saturated heterocycles. The summed E-state index contributed by atoms with van der Waals surface area (Å²) in [5, 5.41) is 6.55. The minimum atomic E-state index is -0.364. The van der Waals surface area contributed by atoms with Crippen LogP contribution in [0.15, 0.2) is 24.3 Å². The highest BCUT2D eigenvalue weighted by Crippen LogP contribution is 2.15. The van der Waals surface area contributed by atoms with Crippen LogP contribution in [0.3, 0.4) is 0 Å². The number of H-pyrrole nitrogens is 1. The van der Waals surface area contributed by atoms with Gasteiger partial charge in [0, 0.05) is 13.1 Å². The predicted octanol–water partition coefficient (Wildman–Crippen LogP) is 1.59. The molecule has 2 aromatic rings. The molecular weight excluding hydrogens is 275 g/mol. The van der Waals surface area contributed by atoms with Crippen LogP contribution < -0.4 is 10.5 Å². The second kappa shape index (κ2) is 6.25. The summed E-state index contributed by atoms with van der Waals surface area (Å²) in [7, 11) is 1.63. The summed E-state index contributed by atoms with van der Waals surface area (Å²) < 4.78 is 18.4. The van der Waals surface area contributed by atoms with Gasteiger partial charge in [0.1, 0.15) is 18.2 Å². The number of aromatic nitrogens is 2. The Morgan fingerprint density at radius 3 is 2.90 bits per heavy atom. The maximum absolute atomic E-state index is 13.0. The van der Waals surface area contributed by atoms with E-state index in [1.54, 1.807) is 26.1 Å². The molecule has 0 radical (unpaired) electrons. The molecule has 21 heavy (non-hydrogen) atoms. The predicted molar refractivity (Wildman–Crippen MR) is 76.6 cm³/mol. The summed E-state index contributed by atoms with van der Waals surface area (Å²) in [6, 6.07) is 5.84. The SMILES string of the molecule is Cc1[nH]nc(C(=O)N(C)CCOc2cccc(F)c2)c1N. The molecule has 0 unspecified atom stereocenters. The van der Waals surface area contributed by atoms with E-state index in [0.29, 0.717) is 23.7 Å². The van der Waals surface area contributed by atoms with Crippen LogP contribution in [0, 0.1) is 12.7 Å². The first-order chi connectivity index (χ1) is 9.99. The Hall–Kier alpha value is -2.57. The van der Waals surface area contributed by atoms with E-state index in [4.69, 9.17) is 10.5 Å². The van der Waals surface area contributed by atoms with Gasteiger partial charge in [-0.05, 0) is 19.1 Å². The van der Waals surface area contributed by atoms with E-state index >= 15 is 0 Å². The van der Waals surface area contributed by atoms with E-state index in [9.17, 15) is 9.18 Å². The number of nitrogens with one attached hydrogen (secondary N) is 1. The highest BCUT2D eigenvalue weighted by Gasteiger charge is 2.19. The molecule has 0 aliphatic rings. The standard InChI is InChI=1S/C14H17FN4O2/c1-9-12(16)13(18-17-9)14(20)19(2)6-7-21-11-5-3-4-10(15)8-11/h3-5,8H,6-7,16H2,1-2H3,(H,17,18). The number of nitrogen functional groups attached to an aromatic ring is 1. The molecule has 1 heterocycles. The van der Waals surface area contributed by atoms with Gasteiger partial charge in [0.15, 0.2) is 5.69 Å². The molecule has 0 bridgehead atoms. The smallest absolute Gasteiger partial charge is 0.276 e. The van der Waals surface area contributed by atoms with Crippen LogP contribution in [0.25, 0.3) is 0 Å². The summed E-state index contributed by atoms with van der Waals surface area (Å²) in [4.78, 5) is 13.6. The molecule has 0 aliphatic heterocycles. The van der Waals surface area contributed by atoms with Gasteiger partial charge in [-0.1, -0.05) is 6.07 Å². The van der Waals surface area contributed by atoms with Gasteiger partial charge in [0.05, 0.1) is 17.9 Å². The molecule has 7 heteroatoms. The number of nitrogens with two attached hydrogens (primary N) is 1. The van der Waals surface area contributed by atoms with Crippen LogP contribution >= 0.6 is 0 Å². The molecule has 1 aromatic carbocycles. The Kier molecular flexibility index (Phi) is 4.42. The average molecular weight is 292 g/mol. The van der Waals surface area contributed by atoms with Crippen LogP contribution in [0.1, 0.15) is 16.2 Å². The zero-order valence-electron chi connectivity index (χ0n) is 11.9. The molecule has 3 N–H and O–H groups in total. The van der Waals surface area contributed by atoms with Crippen LogP contribution in [-0.4, -0.2) is 41.2 Å². The van der Waals surface area contributed by atoms with Gasteiger partial charge in [0.25, 0.3) is 5.91 Å². The fraction of sp³-hybridized carbons (Fsp3) is 0.286. The number of rotatable bonds is 5. The first-order valence-corrected chi connectivity index (χ1v) is 6.43. The lowest BCUT2D eigenvalue weighted by Crippen LogP contribution is -2.31. The monoisotopic (exact) mass is 292 g/mol. The molecule has 0 fully saturated rings. The summed E-state index contributed by atoms with van der Waals surface area (Å²) in [5.74, 6) is -0.234. The lowest BCUT2D eigenvalue weighted by Gasteiger charge is -2.16. The first-order valence-electron chi connectivity index (χ1n) is 6.43. The second-order valence-electron chi connectivity index (χ2n) is 4.64. The highest BCUT2D eigenvalue weighted by molar-refractivity contribution is 5.97. The van der Waals surface area contributed by atoms with Gasteiger partial charge in [-0.2, -0.15) is 5.10 Å². The van der Waals surface area contributed by atoms with E-state index in [2.05, 4.69) is 10.2 Å². The van der Waals surface area contributed by atoms with Gasteiger partial charge in [-0.3, -0.25) is 9.89 Å². The Balaban J connectivity index is 1.88. The maximum Gasteiger partial charge on any atom is 0.276 e. The van der Waals surface area contributed by atoms with E-state index in [0.717, 1.165) is 0 Å². The van der Waals surface area contributed by atoms with Crippen molar-refractivity contribution in [3.63, 3.8) is 0 Å². The van der Waals surface area contributed by atoms with E-state index in [1.807, 2.05) is 0 Å². The summed E-state index contributed by atoms with van der Waals surface area (Å²) >= 11 is 0. The third-order valence-electron chi connectivity index (χ3n) is 3.04. The van der Waals surface area contributed by atoms with Crippen LogP contribution in [-0.2, 0) is 0 Å². The Labute approximate surface area is 121 Å². The topological polar surface area (TPSA) is 84.2 Å². The van der Waals surface area contributed by atoms with Crippen LogP contribution in [0.2, 0.25) is 0 Å². The zero-order chi connectivity index (χ0) is 15.4. The van der Waals surface area contributed by atoms with Gasteiger partial charge in [0.2, 0.25) is 0 Å². The summed E-state index contributed by atoms with van der Waals surface area (Å²) in [5.41, 5.74) is 6.96. The number of amides is 1. The average Bonchev–Trinajstić information content (AvgIpc) is 2.78. The number of hydrogen-bond donors (Lipinski definition) is 2. The summed E-state index contributed by atoms with van der Waals surface area (Å²) in [6.07, 6.45) is 0. The number of halogens is 1. The number of likely N-dealkylation sites (N-methyl/N-ethyl adjacent to an activating group) is 1. The normalized spacial score (nSPS) is 10.4. The highest BCUT2D eigenvalue weighted by atomic mass is 19.1. The van der Waals surface area contributed by atoms with E-state index in [1.165, 1.54) is 17.0 Å². The van der Waals surface area contributed by atoms with Crippen molar-refractivity contribution in [2.24, 2.45) is 0 Å². The van der Waals surface area contributed by atoms with Crippen LogP contribution in [0.5, 0.6) is 5.75 Å². The molecule has 0 saturated carbocycles. The molecule has 0 spiro atoms. The van der Waals surface area contributed by atoms with E-state index < -0.39 is 0 Å². The van der Waals surface area contributed by atoms with Gasteiger partial charge >= 0.3 is 0 Å². The minimum absolute atomic E-state index is 0.195. The number of anilines is 1. The quantitative estimate of drug-likeness (QED) is 0.876. The number of benzene rings is 1. The van der Waals surface area contributed by atoms with Crippen molar-refractivity contribution in [2.75, 3.05) is 25.9 Å². The van der Waals surface area contributed by atoms with Gasteiger partial charge in [-0.15, -0.1) is 0 Å². The van der Waals surface area contributed by atoms with Crippen LogP contribution in [0.4, 0.5) is 10.1 Å². The number of aryl methyl sites for hydroxylation is 1. The minimum Gasteiger partial charge on any atom is -0.492 e. The van der Waals surface area contributed by atoms with Crippen molar-refractivity contribution in [3.8, 4) is 5.75 Å². The van der Waals surface area contributed by atoms with Gasteiger partial charge in [-0.25, -0.2) is 4.39 Å². The van der Waals surface area contributed by atoms with Crippen molar-refractivity contribution >= 4 is 11.6 Å². The number of aromatic amines is 1. The second-order valence-corrected chi connectivity index (χ2v) is 4.64. The largest absolute Gasteiger partial charge is 0.492 e. The number of ether oxygens (including phenoxy) is 1. The number of hydrogen-bond acceptors (Lipinski definition) is 4. The molecule has 112 valence electrons. The molecule has 6 nitrogen and oxygen atoms in total. The zero-order valence-corrected chi connectivity index (χ0v) is 11.9. The fourth-order valence-corrected chi connectivity index (χ4v) is 1.74. The Morgan fingerprint density at radius 2 is 2.29 bits per heavy atom. The lowest BCUT2D eigenvalue weighted by atomic mass is 10.3.